The van der Waals surface area contributed by atoms with Crippen LogP contribution in [0.2, 0.25) is 0 Å². The lowest BCUT2D eigenvalue weighted by atomic mass is 10.2. The second-order valence-corrected chi connectivity index (χ2v) is 3.99. The number of phenolic OH excluding ortho intramolecular Hbond substituents is 1. The van der Waals surface area contributed by atoms with Crippen LogP contribution in [-0.2, 0) is 0 Å². The quantitative estimate of drug-likeness (QED) is 0.542. The topological polar surface area (TPSA) is 81.3 Å². The van der Waals surface area contributed by atoms with Crippen molar-refractivity contribution >= 4 is 16.6 Å². The first-order valence-corrected chi connectivity index (χ1v) is 5.71. The Morgan fingerprint density at radius 3 is 2.74 bits per heavy atom. The maximum Gasteiger partial charge on any atom is 0.230 e. The van der Waals surface area contributed by atoms with Crippen molar-refractivity contribution in [3.63, 3.8) is 0 Å². The molecule has 5 heteroatoms. The Balaban J connectivity index is 2.09. The van der Waals surface area contributed by atoms with Crippen LogP contribution in [0.1, 0.15) is 0 Å². The molecule has 0 bridgehead atoms. The Bertz CT molecular complexity index is 738. The molecule has 0 amide bonds. The highest BCUT2D eigenvalue weighted by Gasteiger charge is 2.09. The summed E-state index contributed by atoms with van der Waals surface area (Å²) < 4.78 is 5.67. The number of para-hydroxylation sites is 2. The highest BCUT2D eigenvalue weighted by Crippen LogP contribution is 2.34. The summed E-state index contributed by atoms with van der Waals surface area (Å²) in [5.41, 5.74) is 6.73. The molecule has 0 radical (unpaired) electrons. The highest BCUT2D eigenvalue weighted by atomic mass is 16.5. The van der Waals surface area contributed by atoms with Crippen molar-refractivity contribution in [1.82, 2.24) is 9.97 Å². The van der Waals surface area contributed by atoms with Crippen molar-refractivity contribution < 1.29 is 9.84 Å². The number of nitrogens with zero attached hydrogens (tertiary/aromatic N) is 2. The molecule has 3 aromatic rings. The molecule has 5 nitrogen and oxygen atoms in total. The molecule has 0 atom stereocenters. The van der Waals surface area contributed by atoms with E-state index < -0.39 is 0 Å². The van der Waals surface area contributed by atoms with E-state index in [1.54, 1.807) is 12.1 Å². The first-order chi connectivity index (χ1) is 9.25. The fourth-order valence-electron chi connectivity index (χ4n) is 1.79. The number of hydrogen-bond acceptors (Lipinski definition) is 5. The van der Waals surface area contributed by atoms with Crippen LogP contribution < -0.4 is 10.5 Å². The molecule has 1 heterocycles. The monoisotopic (exact) mass is 253 g/mol. The van der Waals surface area contributed by atoms with E-state index in [2.05, 4.69) is 9.97 Å². The van der Waals surface area contributed by atoms with Crippen molar-refractivity contribution in [3.8, 4) is 17.4 Å². The second-order valence-electron chi connectivity index (χ2n) is 3.99. The van der Waals surface area contributed by atoms with Gasteiger partial charge < -0.3 is 15.6 Å². The molecule has 0 fully saturated rings. The molecule has 94 valence electrons. The molecular weight excluding hydrogens is 242 g/mol. The minimum atomic E-state index is -0.0177. The number of benzene rings is 2. The van der Waals surface area contributed by atoms with E-state index in [4.69, 9.17) is 10.5 Å². The number of ether oxygens (including phenoxy) is 1. The van der Waals surface area contributed by atoms with E-state index in [1.165, 1.54) is 12.4 Å². The second kappa shape index (κ2) is 4.45. The lowest BCUT2D eigenvalue weighted by Gasteiger charge is -2.09. The summed E-state index contributed by atoms with van der Waals surface area (Å²) in [6.07, 6.45) is 1.43. The molecule has 19 heavy (non-hydrogen) atoms. The summed E-state index contributed by atoms with van der Waals surface area (Å²) >= 11 is 0. The summed E-state index contributed by atoms with van der Waals surface area (Å²) in [4.78, 5) is 8.25. The molecule has 0 saturated carbocycles. The third-order valence-electron chi connectivity index (χ3n) is 2.76. The smallest absolute Gasteiger partial charge is 0.230 e. The van der Waals surface area contributed by atoms with Gasteiger partial charge in [0.05, 0.1) is 10.9 Å². The number of aromatic nitrogens is 2. The first kappa shape index (κ1) is 11.3. The molecule has 0 saturated heterocycles. The number of fused-ring (bicyclic) bond motifs is 1. The van der Waals surface area contributed by atoms with Gasteiger partial charge in [-0.2, -0.15) is 0 Å². The van der Waals surface area contributed by atoms with Crippen molar-refractivity contribution in [2.45, 2.75) is 0 Å². The molecule has 2 aromatic carbocycles. The zero-order chi connectivity index (χ0) is 13.2. The van der Waals surface area contributed by atoms with E-state index in [-0.39, 0.29) is 11.4 Å². The van der Waals surface area contributed by atoms with E-state index >= 15 is 0 Å². The van der Waals surface area contributed by atoms with Gasteiger partial charge >= 0.3 is 0 Å². The van der Waals surface area contributed by atoms with E-state index in [9.17, 15) is 5.11 Å². The van der Waals surface area contributed by atoms with Gasteiger partial charge in [-0.3, -0.25) is 0 Å². The molecule has 0 aliphatic heterocycles. The maximum atomic E-state index is 9.55. The van der Waals surface area contributed by atoms with Crippen LogP contribution in [0.5, 0.6) is 17.4 Å². The normalized spacial score (nSPS) is 10.5. The van der Waals surface area contributed by atoms with Crippen LogP contribution in [0.4, 0.5) is 5.69 Å². The Hall–Kier alpha value is -2.82. The van der Waals surface area contributed by atoms with Gasteiger partial charge in [0, 0.05) is 0 Å². The van der Waals surface area contributed by atoms with Crippen molar-refractivity contribution in [3.05, 3.63) is 48.8 Å². The number of nitrogen functional groups attached to an aromatic ring is 1. The SMILES string of the molecule is Nc1c(O)cccc1Oc1ncnc2ccccc12. The number of nitrogens with two attached hydrogens (primary N) is 1. The van der Waals surface area contributed by atoms with Crippen molar-refractivity contribution in [2.75, 3.05) is 5.73 Å². The average molecular weight is 253 g/mol. The minimum Gasteiger partial charge on any atom is -0.506 e. The van der Waals surface area contributed by atoms with Gasteiger partial charge in [-0.15, -0.1) is 0 Å². The molecule has 3 rings (SSSR count). The highest BCUT2D eigenvalue weighted by molar-refractivity contribution is 5.83. The van der Waals surface area contributed by atoms with Gasteiger partial charge in [-0.05, 0) is 24.3 Å². The molecule has 1 aromatic heterocycles. The van der Waals surface area contributed by atoms with Crippen LogP contribution in [0.15, 0.2) is 48.8 Å². The maximum absolute atomic E-state index is 9.55. The van der Waals surface area contributed by atoms with Gasteiger partial charge in [-0.1, -0.05) is 18.2 Å². The van der Waals surface area contributed by atoms with Crippen LogP contribution >= 0.6 is 0 Å². The Morgan fingerprint density at radius 1 is 1.00 bits per heavy atom. The van der Waals surface area contributed by atoms with Crippen molar-refractivity contribution in [1.29, 1.82) is 0 Å². The summed E-state index contributed by atoms with van der Waals surface area (Å²) in [6.45, 7) is 0. The van der Waals surface area contributed by atoms with Crippen LogP contribution in [0, 0.1) is 0 Å². The summed E-state index contributed by atoms with van der Waals surface area (Å²) in [6, 6.07) is 12.3. The average Bonchev–Trinajstić information content (AvgIpc) is 2.44. The fraction of sp³-hybridized carbons (Fsp3) is 0. The van der Waals surface area contributed by atoms with Gasteiger partial charge in [0.1, 0.15) is 17.8 Å². The summed E-state index contributed by atoms with van der Waals surface area (Å²) in [7, 11) is 0. The molecule has 0 unspecified atom stereocenters. The number of rotatable bonds is 2. The zero-order valence-corrected chi connectivity index (χ0v) is 9.95. The molecule has 3 N–H and O–H groups in total. The van der Waals surface area contributed by atoms with Gasteiger partial charge in [0.2, 0.25) is 5.88 Å². The standard InChI is InChI=1S/C14H11N3O2/c15-13-11(18)6-3-7-12(13)19-14-9-4-1-2-5-10(9)16-8-17-14/h1-8,18H,15H2. The van der Waals surface area contributed by atoms with Crippen LogP contribution in [0.25, 0.3) is 10.9 Å². The first-order valence-electron chi connectivity index (χ1n) is 5.71. The Morgan fingerprint density at radius 2 is 1.84 bits per heavy atom. The third kappa shape index (κ3) is 2.01. The number of anilines is 1. The lowest BCUT2D eigenvalue weighted by Crippen LogP contribution is -1.95. The van der Waals surface area contributed by atoms with Gasteiger partial charge in [0.15, 0.2) is 5.75 Å². The molecule has 0 aliphatic carbocycles. The van der Waals surface area contributed by atoms with E-state index in [0.717, 1.165) is 10.9 Å². The molecule has 0 aliphatic rings. The van der Waals surface area contributed by atoms with Crippen LogP contribution in [0.3, 0.4) is 0 Å². The summed E-state index contributed by atoms with van der Waals surface area (Å²) in [5, 5.41) is 10.3. The number of aromatic hydroxyl groups is 1. The fourth-order valence-corrected chi connectivity index (χ4v) is 1.79. The summed E-state index contributed by atoms with van der Waals surface area (Å²) in [5.74, 6) is 0.752. The third-order valence-corrected chi connectivity index (χ3v) is 2.76. The predicted molar refractivity (Wildman–Crippen MR) is 72.1 cm³/mol. The lowest BCUT2D eigenvalue weighted by molar-refractivity contribution is 0.453. The molecule has 0 spiro atoms. The zero-order valence-electron chi connectivity index (χ0n) is 9.95. The Labute approximate surface area is 109 Å². The molecular formula is C14H11N3O2. The minimum absolute atomic E-state index is 0.0177. The van der Waals surface area contributed by atoms with E-state index in [1.807, 2.05) is 24.3 Å². The van der Waals surface area contributed by atoms with Gasteiger partial charge in [-0.25, -0.2) is 9.97 Å². The van der Waals surface area contributed by atoms with E-state index in [0.29, 0.717) is 11.6 Å². The Kier molecular flexibility index (Phi) is 2.64. The predicted octanol–water partition coefficient (Wildman–Crippen LogP) is 2.71. The number of phenols is 1. The number of hydrogen-bond donors (Lipinski definition) is 2. The van der Waals surface area contributed by atoms with Crippen molar-refractivity contribution in [2.24, 2.45) is 0 Å². The van der Waals surface area contributed by atoms with Crippen LogP contribution in [-0.4, -0.2) is 15.1 Å². The largest absolute Gasteiger partial charge is 0.506 e. The van der Waals surface area contributed by atoms with Gasteiger partial charge in [0.25, 0.3) is 0 Å².